The largest absolute Gasteiger partial charge is 0.497 e. The van der Waals surface area contributed by atoms with Gasteiger partial charge < -0.3 is 23.3 Å². The lowest BCUT2D eigenvalue weighted by atomic mass is 9.92. The number of hydrogen-bond donors (Lipinski definition) is 0. The molecule has 0 aliphatic carbocycles. The van der Waals surface area contributed by atoms with E-state index < -0.39 is 36.8 Å². The predicted molar refractivity (Wildman–Crippen MR) is 114 cm³/mol. The molecule has 0 aliphatic heterocycles. The van der Waals surface area contributed by atoms with Gasteiger partial charge >= 0.3 is 19.7 Å². The summed E-state index contributed by atoms with van der Waals surface area (Å²) in [5.74, 6) is -3.18. The molecule has 0 saturated heterocycles. The van der Waals surface area contributed by atoms with Crippen LogP contribution < -0.4 is 4.74 Å². The molecule has 7 nitrogen and oxygen atoms in total. The highest BCUT2D eigenvalue weighted by atomic mass is 31.2. The van der Waals surface area contributed by atoms with Gasteiger partial charge in [0.1, 0.15) is 5.75 Å². The summed E-state index contributed by atoms with van der Waals surface area (Å²) in [4.78, 5) is 13.2. The van der Waals surface area contributed by atoms with E-state index in [2.05, 4.69) is 0 Å². The van der Waals surface area contributed by atoms with Crippen molar-refractivity contribution in [2.75, 3.05) is 27.4 Å². The third-order valence-corrected chi connectivity index (χ3v) is 6.91. The standard InChI is InChI=1S/C22H26F3O7P/c1-5-30-33(27,31-6-2)19(16-12-14-18(28-3)15-13-16)32-20(26)21(29-4,22(23,24)25)17-10-8-7-9-11-17/h7-15,19H,5-6H2,1-4H3/t19-,21+/m0/s1. The molecule has 11 heteroatoms. The molecule has 33 heavy (non-hydrogen) atoms. The van der Waals surface area contributed by atoms with E-state index in [0.29, 0.717) is 5.75 Å². The zero-order chi connectivity index (χ0) is 24.7. The Labute approximate surface area is 190 Å². The Kier molecular flexibility index (Phi) is 9.08. The molecule has 0 spiro atoms. The summed E-state index contributed by atoms with van der Waals surface area (Å²) in [7, 11) is -2.09. The minimum Gasteiger partial charge on any atom is -0.497 e. The molecule has 2 aromatic carbocycles. The average molecular weight is 490 g/mol. The van der Waals surface area contributed by atoms with Gasteiger partial charge in [-0.05, 0) is 26.0 Å². The van der Waals surface area contributed by atoms with Gasteiger partial charge in [-0.2, -0.15) is 13.2 Å². The van der Waals surface area contributed by atoms with Crippen LogP contribution in [-0.2, 0) is 33.5 Å². The van der Waals surface area contributed by atoms with Crippen LogP contribution in [0.1, 0.15) is 30.8 Å². The van der Waals surface area contributed by atoms with Crippen molar-refractivity contribution >= 4 is 13.6 Å². The molecule has 0 N–H and O–H groups in total. The summed E-state index contributed by atoms with van der Waals surface area (Å²) >= 11 is 0. The van der Waals surface area contributed by atoms with Crippen LogP contribution >= 0.6 is 7.60 Å². The van der Waals surface area contributed by atoms with Crippen LogP contribution in [0.5, 0.6) is 5.75 Å². The van der Waals surface area contributed by atoms with Gasteiger partial charge in [0.2, 0.25) is 5.85 Å². The van der Waals surface area contributed by atoms with Crippen LogP contribution in [-0.4, -0.2) is 39.6 Å². The number of carbonyl (C=O) groups is 1. The molecule has 0 saturated carbocycles. The molecule has 0 amide bonds. The number of carbonyl (C=O) groups excluding carboxylic acids is 1. The second kappa shape index (κ2) is 11.2. The fourth-order valence-electron chi connectivity index (χ4n) is 3.19. The number of alkyl halides is 3. The summed E-state index contributed by atoms with van der Waals surface area (Å²) in [5.41, 5.74) is -3.88. The van der Waals surface area contributed by atoms with Crippen molar-refractivity contribution in [3.05, 3.63) is 65.7 Å². The second-order valence-corrected chi connectivity index (χ2v) is 8.72. The number of halogens is 3. The highest BCUT2D eigenvalue weighted by Crippen LogP contribution is 2.62. The maximum absolute atomic E-state index is 14.3. The van der Waals surface area contributed by atoms with Gasteiger partial charge in [-0.25, -0.2) is 4.79 Å². The molecule has 0 unspecified atom stereocenters. The number of ether oxygens (including phenoxy) is 3. The van der Waals surface area contributed by atoms with E-state index in [4.69, 9.17) is 23.3 Å². The molecule has 0 aliphatic rings. The molecule has 0 bridgehead atoms. The van der Waals surface area contributed by atoms with Gasteiger partial charge in [0.25, 0.3) is 5.60 Å². The van der Waals surface area contributed by atoms with E-state index in [1.165, 1.54) is 63.4 Å². The molecular formula is C22H26F3O7P. The van der Waals surface area contributed by atoms with Crippen molar-refractivity contribution in [1.82, 2.24) is 0 Å². The first kappa shape index (κ1) is 26.9. The number of methoxy groups -OCH3 is 2. The summed E-state index contributed by atoms with van der Waals surface area (Å²) in [5, 5.41) is 0. The van der Waals surface area contributed by atoms with Gasteiger partial charge in [-0.15, -0.1) is 0 Å². The summed E-state index contributed by atoms with van der Waals surface area (Å²) in [6.07, 6.45) is -5.20. The quantitative estimate of drug-likeness (QED) is 0.299. The first-order valence-electron chi connectivity index (χ1n) is 10.0. The zero-order valence-electron chi connectivity index (χ0n) is 18.6. The number of benzene rings is 2. The van der Waals surface area contributed by atoms with E-state index >= 15 is 0 Å². The summed E-state index contributed by atoms with van der Waals surface area (Å²) < 4.78 is 82.1. The fourth-order valence-corrected chi connectivity index (χ4v) is 5.01. The van der Waals surface area contributed by atoms with Crippen molar-refractivity contribution in [3.63, 3.8) is 0 Å². The Balaban J connectivity index is 2.63. The van der Waals surface area contributed by atoms with E-state index in [9.17, 15) is 22.5 Å². The van der Waals surface area contributed by atoms with E-state index in [-0.39, 0.29) is 18.8 Å². The maximum Gasteiger partial charge on any atom is 0.432 e. The molecule has 2 aromatic rings. The van der Waals surface area contributed by atoms with Gasteiger partial charge in [0.05, 0.1) is 20.3 Å². The Bertz CT molecular complexity index is 941. The summed E-state index contributed by atoms with van der Waals surface area (Å²) in [6.45, 7) is 2.85. The highest BCUT2D eigenvalue weighted by Gasteiger charge is 2.65. The van der Waals surface area contributed by atoms with Crippen LogP contribution in [0.4, 0.5) is 13.2 Å². The molecule has 0 aromatic heterocycles. The van der Waals surface area contributed by atoms with E-state index in [1.54, 1.807) is 0 Å². The number of esters is 1. The minimum absolute atomic E-state index is 0.0922. The van der Waals surface area contributed by atoms with Crippen molar-refractivity contribution < 1.29 is 45.8 Å². The van der Waals surface area contributed by atoms with Crippen LogP contribution in [0.15, 0.2) is 54.6 Å². The molecule has 2 rings (SSSR count). The van der Waals surface area contributed by atoms with Crippen molar-refractivity contribution in [2.45, 2.75) is 31.5 Å². The minimum atomic E-state index is -5.20. The number of rotatable bonds is 11. The molecule has 0 radical (unpaired) electrons. The zero-order valence-corrected chi connectivity index (χ0v) is 19.5. The first-order valence-corrected chi connectivity index (χ1v) is 11.6. The van der Waals surface area contributed by atoms with E-state index in [0.717, 1.165) is 19.2 Å². The molecule has 0 fully saturated rings. The highest BCUT2D eigenvalue weighted by molar-refractivity contribution is 7.54. The van der Waals surface area contributed by atoms with Gasteiger partial charge in [0.15, 0.2) is 0 Å². The second-order valence-electron chi connectivity index (χ2n) is 6.66. The smallest absolute Gasteiger partial charge is 0.432 e. The Morgan fingerprint density at radius 3 is 1.91 bits per heavy atom. The molecule has 182 valence electrons. The lowest BCUT2D eigenvalue weighted by Crippen LogP contribution is -2.52. The Morgan fingerprint density at radius 1 is 0.939 bits per heavy atom. The fraction of sp³-hybridized carbons (Fsp3) is 0.409. The molecule has 0 heterocycles. The van der Waals surface area contributed by atoms with Gasteiger partial charge in [-0.1, -0.05) is 42.5 Å². The lowest BCUT2D eigenvalue weighted by Gasteiger charge is -2.35. The molecule has 2 atom stereocenters. The van der Waals surface area contributed by atoms with Crippen molar-refractivity contribution in [1.29, 1.82) is 0 Å². The average Bonchev–Trinajstić information content (AvgIpc) is 2.78. The normalized spacial score (nSPS) is 14.9. The van der Waals surface area contributed by atoms with Gasteiger partial charge in [0, 0.05) is 18.2 Å². The van der Waals surface area contributed by atoms with Crippen LogP contribution in [0, 0.1) is 0 Å². The van der Waals surface area contributed by atoms with Crippen molar-refractivity contribution in [3.8, 4) is 5.75 Å². The third kappa shape index (κ3) is 5.58. The van der Waals surface area contributed by atoms with Crippen LogP contribution in [0.25, 0.3) is 0 Å². The predicted octanol–water partition coefficient (Wildman–Crippen LogP) is 5.61. The van der Waals surface area contributed by atoms with Crippen LogP contribution in [0.3, 0.4) is 0 Å². The monoisotopic (exact) mass is 490 g/mol. The lowest BCUT2D eigenvalue weighted by molar-refractivity contribution is -0.277. The van der Waals surface area contributed by atoms with Crippen molar-refractivity contribution in [2.24, 2.45) is 0 Å². The SMILES string of the molecule is CCOP(=O)(OCC)[C@H](OC(=O)[C@](OC)(c1ccccc1)C(F)(F)F)c1ccc(OC)cc1. The summed E-state index contributed by atoms with van der Waals surface area (Å²) in [6, 6.07) is 12.1. The molecular weight excluding hydrogens is 464 g/mol. The van der Waals surface area contributed by atoms with Crippen LogP contribution in [0.2, 0.25) is 0 Å². The number of hydrogen-bond acceptors (Lipinski definition) is 7. The van der Waals surface area contributed by atoms with Gasteiger partial charge in [-0.3, -0.25) is 4.57 Å². The Hall–Kier alpha value is -2.39. The topological polar surface area (TPSA) is 80.3 Å². The first-order chi connectivity index (χ1) is 15.6. The maximum atomic E-state index is 14.3. The Morgan fingerprint density at radius 2 is 1.48 bits per heavy atom. The third-order valence-electron chi connectivity index (χ3n) is 4.70. The van der Waals surface area contributed by atoms with E-state index in [1.807, 2.05) is 0 Å².